The Bertz CT molecular complexity index is 759. The van der Waals surface area contributed by atoms with Gasteiger partial charge in [0, 0.05) is 29.7 Å². The van der Waals surface area contributed by atoms with Crippen LogP contribution in [0.2, 0.25) is 0 Å². The largest absolute Gasteiger partial charge is 0.508 e. The molecule has 21 heavy (non-hydrogen) atoms. The van der Waals surface area contributed by atoms with Gasteiger partial charge >= 0.3 is 0 Å². The maximum Gasteiger partial charge on any atom is 0.115 e. The summed E-state index contributed by atoms with van der Waals surface area (Å²) in [6.45, 7) is 2.78. The van der Waals surface area contributed by atoms with E-state index in [1.807, 2.05) is 19.1 Å². The minimum Gasteiger partial charge on any atom is -0.508 e. The van der Waals surface area contributed by atoms with E-state index in [1.54, 1.807) is 12.1 Å². The third-order valence-corrected chi connectivity index (χ3v) is 3.71. The minimum atomic E-state index is 0.157. The van der Waals surface area contributed by atoms with Gasteiger partial charge in [0.2, 0.25) is 0 Å². The number of hydrogen-bond acceptors (Lipinski definition) is 2. The highest BCUT2D eigenvalue weighted by molar-refractivity contribution is 5.83. The number of phenolic OH excluding ortho intramolecular Hbond substituents is 1. The molecule has 0 radical (unpaired) electrons. The molecule has 3 nitrogen and oxygen atoms in total. The number of aromatic hydroxyl groups is 1. The van der Waals surface area contributed by atoms with Crippen molar-refractivity contribution in [1.82, 2.24) is 4.57 Å². The summed E-state index contributed by atoms with van der Waals surface area (Å²) in [5.41, 5.74) is 9.51. The molecule has 0 amide bonds. The Kier molecular flexibility index (Phi) is 3.67. The average Bonchev–Trinajstić information content (AvgIpc) is 2.83. The zero-order valence-electron chi connectivity index (χ0n) is 12.2. The Balaban J connectivity index is 1.97. The van der Waals surface area contributed by atoms with Crippen LogP contribution in [0.25, 0.3) is 10.9 Å². The fourth-order valence-corrected chi connectivity index (χ4v) is 2.80. The summed E-state index contributed by atoms with van der Waals surface area (Å²) in [6, 6.07) is 16.1. The van der Waals surface area contributed by atoms with Crippen LogP contribution in [-0.2, 0) is 13.0 Å². The maximum absolute atomic E-state index is 9.58. The first kappa shape index (κ1) is 13.7. The molecule has 0 saturated carbocycles. The van der Waals surface area contributed by atoms with Crippen LogP contribution in [0.4, 0.5) is 0 Å². The van der Waals surface area contributed by atoms with Crippen LogP contribution >= 0.6 is 0 Å². The van der Waals surface area contributed by atoms with Crippen LogP contribution in [-0.4, -0.2) is 15.7 Å². The number of fused-ring (bicyclic) bond motifs is 1. The molecule has 0 fully saturated rings. The fraction of sp³-hybridized carbons (Fsp3) is 0.222. The van der Waals surface area contributed by atoms with Crippen molar-refractivity contribution >= 4 is 10.9 Å². The number of benzene rings is 2. The van der Waals surface area contributed by atoms with Gasteiger partial charge in [0.15, 0.2) is 0 Å². The standard InChI is InChI=1S/C18H20N2O/c1-13(19)10-15-5-3-7-18-17(15)8-9-20(18)12-14-4-2-6-16(21)11-14/h2-9,11,13,21H,10,12,19H2,1H3. The molecule has 3 aromatic rings. The molecule has 3 N–H and O–H groups in total. The molecular weight excluding hydrogens is 260 g/mol. The van der Waals surface area contributed by atoms with Crippen molar-refractivity contribution in [3.63, 3.8) is 0 Å². The topological polar surface area (TPSA) is 51.2 Å². The van der Waals surface area contributed by atoms with Crippen LogP contribution in [0.15, 0.2) is 54.7 Å². The smallest absolute Gasteiger partial charge is 0.115 e. The average molecular weight is 280 g/mol. The Morgan fingerprint density at radius 2 is 1.95 bits per heavy atom. The van der Waals surface area contributed by atoms with Crippen LogP contribution in [0.5, 0.6) is 5.75 Å². The second-order valence-electron chi connectivity index (χ2n) is 5.64. The molecule has 1 atom stereocenters. The molecule has 0 spiro atoms. The molecule has 0 aliphatic heterocycles. The predicted octanol–water partition coefficient (Wildman–Crippen LogP) is 3.28. The third kappa shape index (κ3) is 2.93. The molecule has 1 aromatic heterocycles. The fourth-order valence-electron chi connectivity index (χ4n) is 2.80. The monoisotopic (exact) mass is 280 g/mol. The van der Waals surface area contributed by atoms with Crippen molar-refractivity contribution in [2.45, 2.75) is 25.9 Å². The van der Waals surface area contributed by atoms with Gasteiger partial charge in [-0.15, -0.1) is 0 Å². The first-order chi connectivity index (χ1) is 10.1. The van der Waals surface area contributed by atoms with E-state index in [9.17, 15) is 5.11 Å². The van der Waals surface area contributed by atoms with Crippen molar-refractivity contribution < 1.29 is 5.11 Å². The number of hydrogen-bond donors (Lipinski definition) is 2. The van der Waals surface area contributed by atoms with E-state index < -0.39 is 0 Å². The van der Waals surface area contributed by atoms with E-state index in [0.29, 0.717) is 5.75 Å². The molecule has 0 saturated heterocycles. The van der Waals surface area contributed by atoms with Crippen molar-refractivity contribution in [1.29, 1.82) is 0 Å². The van der Waals surface area contributed by atoms with Crippen LogP contribution in [0.3, 0.4) is 0 Å². The highest BCUT2D eigenvalue weighted by Gasteiger charge is 2.07. The van der Waals surface area contributed by atoms with Crippen molar-refractivity contribution in [2.75, 3.05) is 0 Å². The van der Waals surface area contributed by atoms with Gasteiger partial charge in [0.05, 0.1) is 0 Å². The lowest BCUT2D eigenvalue weighted by atomic mass is 10.0. The second-order valence-corrected chi connectivity index (χ2v) is 5.64. The van der Waals surface area contributed by atoms with E-state index in [2.05, 4.69) is 35.0 Å². The summed E-state index contributed by atoms with van der Waals surface area (Å²) in [5, 5.41) is 10.8. The Hall–Kier alpha value is -2.26. The van der Waals surface area contributed by atoms with Gasteiger partial charge in [-0.05, 0) is 48.7 Å². The number of phenols is 1. The molecule has 3 heteroatoms. The van der Waals surface area contributed by atoms with Gasteiger partial charge in [0.25, 0.3) is 0 Å². The van der Waals surface area contributed by atoms with Crippen LogP contribution in [0, 0.1) is 0 Å². The summed E-state index contributed by atoms with van der Waals surface area (Å²) in [7, 11) is 0. The molecule has 1 unspecified atom stereocenters. The highest BCUT2D eigenvalue weighted by atomic mass is 16.3. The van der Waals surface area contributed by atoms with Gasteiger partial charge in [0.1, 0.15) is 5.75 Å². The summed E-state index contributed by atoms with van der Waals surface area (Å²) >= 11 is 0. The number of aromatic nitrogens is 1. The van der Waals surface area contributed by atoms with E-state index in [4.69, 9.17) is 5.73 Å². The molecule has 0 aliphatic rings. The molecular formula is C18H20N2O. The normalized spacial score (nSPS) is 12.7. The molecule has 3 rings (SSSR count). The highest BCUT2D eigenvalue weighted by Crippen LogP contribution is 2.23. The summed E-state index contributed by atoms with van der Waals surface area (Å²) in [4.78, 5) is 0. The van der Waals surface area contributed by atoms with E-state index >= 15 is 0 Å². The zero-order valence-corrected chi connectivity index (χ0v) is 12.2. The SMILES string of the molecule is CC(N)Cc1cccc2c1ccn2Cc1cccc(O)c1. The Labute approximate surface area is 124 Å². The lowest BCUT2D eigenvalue weighted by Crippen LogP contribution is -2.17. The van der Waals surface area contributed by atoms with E-state index in [-0.39, 0.29) is 6.04 Å². The lowest BCUT2D eigenvalue weighted by Gasteiger charge is -2.09. The first-order valence-electron chi connectivity index (χ1n) is 7.24. The Morgan fingerprint density at radius 1 is 1.14 bits per heavy atom. The van der Waals surface area contributed by atoms with Gasteiger partial charge < -0.3 is 15.4 Å². The second kappa shape index (κ2) is 5.62. The summed E-state index contributed by atoms with van der Waals surface area (Å²) < 4.78 is 2.20. The minimum absolute atomic E-state index is 0.157. The lowest BCUT2D eigenvalue weighted by molar-refractivity contribution is 0.474. The number of nitrogens with two attached hydrogens (primary N) is 1. The van der Waals surface area contributed by atoms with Crippen molar-refractivity contribution in [3.8, 4) is 5.75 Å². The van der Waals surface area contributed by atoms with Gasteiger partial charge in [-0.25, -0.2) is 0 Å². The van der Waals surface area contributed by atoms with Crippen LogP contribution in [0.1, 0.15) is 18.1 Å². The third-order valence-electron chi connectivity index (χ3n) is 3.71. The molecule has 108 valence electrons. The molecule has 0 aliphatic carbocycles. The molecule has 1 heterocycles. The molecule has 2 aromatic carbocycles. The Morgan fingerprint density at radius 3 is 2.71 bits per heavy atom. The van der Waals surface area contributed by atoms with Gasteiger partial charge in [-0.3, -0.25) is 0 Å². The van der Waals surface area contributed by atoms with E-state index in [0.717, 1.165) is 18.5 Å². The first-order valence-corrected chi connectivity index (χ1v) is 7.24. The quantitative estimate of drug-likeness (QED) is 0.770. The molecule has 0 bridgehead atoms. The summed E-state index contributed by atoms with van der Waals surface area (Å²) in [5.74, 6) is 0.307. The van der Waals surface area contributed by atoms with Gasteiger partial charge in [-0.1, -0.05) is 24.3 Å². The number of rotatable bonds is 4. The van der Waals surface area contributed by atoms with Crippen LogP contribution < -0.4 is 5.73 Å². The number of nitrogens with zero attached hydrogens (tertiary/aromatic N) is 1. The van der Waals surface area contributed by atoms with Crippen molar-refractivity contribution in [2.24, 2.45) is 5.73 Å². The maximum atomic E-state index is 9.58. The summed E-state index contributed by atoms with van der Waals surface area (Å²) in [6.07, 6.45) is 2.98. The van der Waals surface area contributed by atoms with E-state index in [1.165, 1.54) is 16.5 Å². The van der Waals surface area contributed by atoms with Crippen molar-refractivity contribution in [3.05, 3.63) is 65.9 Å². The predicted molar refractivity (Wildman–Crippen MR) is 86.5 cm³/mol. The zero-order chi connectivity index (χ0) is 14.8. The van der Waals surface area contributed by atoms with Gasteiger partial charge in [-0.2, -0.15) is 0 Å².